The Bertz CT molecular complexity index is 1070. The molecular formula is C27H32ClN5O. The third kappa shape index (κ3) is 5.35. The van der Waals surface area contributed by atoms with Crippen LogP contribution in [0.4, 0.5) is 17.5 Å². The molecule has 7 heteroatoms. The third-order valence-corrected chi connectivity index (χ3v) is 7.29. The van der Waals surface area contributed by atoms with Crippen LogP contribution in [0.15, 0.2) is 60.8 Å². The molecule has 2 saturated heterocycles. The number of nitrogens with one attached hydrogen (secondary N) is 1. The molecule has 5 rings (SSSR count). The maximum atomic E-state index is 9.58. The van der Waals surface area contributed by atoms with Gasteiger partial charge in [-0.05, 0) is 68.0 Å². The summed E-state index contributed by atoms with van der Waals surface area (Å²) in [5, 5.41) is 13.8. The van der Waals surface area contributed by atoms with Crippen LogP contribution in [0.1, 0.15) is 25.7 Å². The Labute approximate surface area is 206 Å². The number of aliphatic hydroxyl groups excluding tert-OH is 1. The van der Waals surface area contributed by atoms with Crippen LogP contribution < -0.4 is 10.2 Å². The Morgan fingerprint density at radius 3 is 2.47 bits per heavy atom. The molecule has 3 aromatic rings. The lowest BCUT2D eigenvalue weighted by atomic mass is 9.94. The molecule has 0 bridgehead atoms. The van der Waals surface area contributed by atoms with Crippen LogP contribution in [0.2, 0.25) is 5.02 Å². The molecule has 2 fully saturated rings. The highest BCUT2D eigenvalue weighted by molar-refractivity contribution is 6.30. The fraction of sp³-hybridized carbons (Fsp3) is 0.407. The summed E-state index contributed by atoms with van der Waals surface area (Å²) in [6, 6.07) is 18.5. The average Bonchev–Trinajstić information content (AvgIpc) is 2.90. The predicted octanol–water partition coefficient (Wildman–Crippen LogP) is 5.21. The fourth-order valence-corrected chi connectivity index (χ4v) is 5.25. The molecule has 2 aliphatic rings. The van der Waals surface area contributed by atoms with Crippen molar-refractivity contribution in [3.8, 4) is 11.1 Å². The summed E-state index contributed by atoms with van der Waals surface area (Å²) in [4.78, 5) is 14.6. The Kier molecular flexibility index (Phi) is 7.28. The first kappa shape index (κ1) is 23.1. The van der Waals surface area contributed by atoms with E-state index in [1.54, 1.807) is 0 Å². The molecule has 2 aromatic carbocycles. The standard InChI is InChI=1S/C27H32ClN5O/c28-22-8-10-23(11-9-22)30-26-25(21-6-2-1-3-7-21)17-29-27(31-26)32-15-12-24(13-16-32)33-14-4-5-20(18-33)19-34/h1-3,6-11,17,20,24,34H,4-5,12-16,18-19H2,(H,29,30,31). The van der Waals surface area contributed by atoms with E-state index in [1.165, 1.54) is 6.42 Å². The molecule has 6 nitrogen and oxygen atoms in total. The van der Waals surface area contributed by atoms with E-state index in [4.69, 9.17) is 21.6 Å². The minimum absolute atomic E-state index is 0.306. The van der Waals surface area contributed by atoms with Crippen molar-refractivity contribution in [1.82, 2.24) is 14.9 Å². The molecule has 1 unspecified atom stereocenters. The number of likely N-dealkylation sites (tertiary alicyclic amines) is 1. The van der Waals surface area contributed by atoms with Crippen LogP contribution in [0.25, 0.3) is 11.1 Å². The van der Waals surface area contributed by atoms with E-state index in [0.29, 0.717) is 23.6 Å². The van der Waals surface area contributed by atoms with E-state index in [0.717, 1.165) is 74.0 Å². The van der Waals surface area contributed by atoms with Crippen molar-refractivity contribution in [3.63, 3.8) is 0 Å². The normalized spacial score (nSPS) is 19.8. The Hall–Kier alpha value is -2.67. The maximum Gasteiger partial charge on any atom is 0.227 e. The molecule has 1 aromatic heterocycles. The number of hydrogen-bond acceptors (Lipinski definition) is 6. The second-order valence-corrected chi connectivity index (χ2v) is 9.77. The summed E-state index contributed by atoms with van der Waals surface area (Å²) < 4.78 is 0. The fourth-order valence-electron chi connectivity index (χ4n) is 5.13. The maximum absolute atomic E-state index is 9.58. The van der Waals surface area contributed by atoms with Crippen molar-refractivity contribution in [2.24, 2.45) is 5.92 Å². The van der Waals surface area contributed by atoms with Crippen LogP contribution >= 0.6 is 11.6 Å². The SMILES string of the molecule is OCC1CCCN(C2CCN(c3ncc(-c4ccccc4)c(Nc4ccc(Cl)cc4)n3)CC2)C1. The summed E-state index contributed by atoms with van der Waals surface area (Å²) in [6.45, 7) is 4.36. The van der Waals surface area contributed by atoms with E-state index < -0.39 is 0 Å². The minimum atomic E-state index is 0.306. The smallest absolute Gasteiger partial charge is 0.227 e. The lowest BCUT2D eigenvalue weighted by Gasteiger charge is -2.42. The lowest BCUT2D eigenvalue weighted by Crippen LogP contribution is -2.49. The van der Waals surface area contributed by atoms with Gasteiger partial charge in [0, 0.05) is 54.8 Å². The topological polar surface area (TPSA) is 64.5 Å². The summed E-state index contributed by atoms with van der Waals surface area (Å²) >= 11 is 6.08. The number of aromatic nitrogens is 2. The van der Waals surface area contributed by atoms with Gasteiger partial charge in [0.1, 0.15) is 5.82 Å². The van der Waals surface area contributed by atoms with Crippen molar-refractivity contribution in [1.29, 1.82) is 0 Å². The molecule has 0 aliphatic carbocycles. The monoisotopic (exact) mass is 477 g/mol. The van der Waals surface area contributed by atoms with Crippen molar-refractivity contribution in [3.05, 3.63) is 65.8 Å². The number of aliphatic hydroxyl groups is 1. The van der Waals surface area contributed by atoms with Gasteiger partial charge in [-0.15, -0.1) is 0 Å². The van der Waals surface area contributed by atoms with Crippen LogP contribution in [-0.2, 0) is 0 Å². The quantitative estimate of drug-likeness (QED) is 0.508. The van der Waals surface area contributed by atoms with E-state index in [2.05, 4.69) is 27.2 Å². The number of halogens is 1. The molecule has 0 saturated carbocycles. The zero-order chi connectivity index (χ0) is 23.3. The van der Waals surface area contributed by atoms with Crippen LogP contribution in [0.3, 0.4) is 0 Å². The lowest BCUT2D eigenvalue weighted by molar-refractivity contribution is 0.0776. The van der Waals surface area contributed by atoms with Gasteiger partial charge in [-0.25, -0.2) is 4.98 Å². The Balaban J connectivity index is 1.33. The molecule has 0 radical (unpaired) electrons. The number of nitrogens with zero attached hydrogens (tertiary/aromatic N) is 4. The van der Waals surface area contributed by atoms with Gasteiger partial charge in [0.05, 0.1) is 0 Å². The summed E-state index contributed by atoms with van der Waals surface area (Å²) in [5.74, 6) is 1.99. The van der Waals surface area contributed by atoms with Gasteiger partial charge in [-0.2, -0.15) is 4.98 Å². The third-order valence-electron chi connectivity index (χ3n) is 7.04. The Morgan fingerprint density at radius 2 is 1.74 bits per heavy atom. The summed E-state index contributed by atoms with van der Waals surface area (Å²) in [5.41, 5.74) is 2.98. The second kappa shape index (κ2) is 10.7. The largest absolute Gasteiger partial charge is 0.396 e. The van der Waals surface area contributed by atoms with Crippen LogP contribution in [-0.4, -0.2) is 58.8 Å². The van der Waals surface area contributed by atoms with Gasteiger partial charge in [-0.1, -0.05) is 41.9 Å². The van der Waals surface area contributed by atoms with Gasteiger partial charge in [0.2, 0.25) is 5.95 Å². The highest BCUT2D eigenvalue weighted by atomic mass is 35.5. The molecule has 2 aliphatic heterocycles. The molecule has 34 heavy (non-hydrogen) atoms. The average molecular weight is 478 g/mol. The van der Waals surface area contributed by atoms with E-state index in [9.17, 15) is 5.11 Å². The zero-order valence-corrected chi connectivity index (χ0v) is 20.2. The van der Waals surface area contributed by atoms with Crippen LogP contribution in [0, 0.1) is 5.92 Å². The first-order chi connectivity index (χ1) is 16.7. The van der Waals surface area contributed by atoms with Gasteiger partial charge < -0.3 is 15.3 Å². The van der Waals surface area contributed by atoms with Crippen molar-refractivity contribution < 1.29 is 5.11 Å². The highest BCUT2D eigenvalue weighted by Gasteiger charge is 2.29. The van der Waals surface area contributed by atoms with Crippen LogP contribution in [0.5, 0.6) is 0 Å². The van der Waals surface area contributed by atoms with Gasteiger partial charge in [0.15, 0.2) is 0 Å². The highest BCUT2D eigenvalue weighted by Crippen LogP contribution is 2.31. The zero-order valence-electron chi connectivity index (χ0n) is 19.4. The predicted molar refractivity (Wildman–Crippen MR) is 139 cm³/mol. The Morgan fingerprint density at radius 1 is 0.971 bits per heavy atom. The van der Waals surface area contributed by atoms with Crippen molar-refractivity contribution in [2.45, 2.75) is 31.7 Å². The van der Waals surface area contributed by atoms with Crippen molar-refractivity contribution in [2.75, 3.05) is 43.0 Å². The molecular weight excluding hydrogens is 446 g/mol. The number of hydrogen-bond donors (Lipinski definition) is 2. The van der Waals surface area contributed by atoms with Gasteiger partial charge in [0.25, 0.3) is 0 Å². The van der Waals surface area contributed by atoms with Crippen molar-refractivity contribution >= 4 is 29.1 Å². The number of rotatable bonds is 6. The molecule has 178 valence electrons. The molecule has 2 N–H and O–H groups in total. The van der Waals surface area contributed by atoms with Gasteiger partial charge in [-0.3, -0.25) is 4.90 Å². The molecule has 0 spiro atoms. The molecule has 0 amide bonds. The molecule has 3 heterocycles. The first-order valence-corrected chi connectivity index (χ1v) is 12.6. The van der Waals surface area contributed by atoms with E-state index in [1.807, 2.05) is 48.7 Å². The number of benzene rings is 2. The summed E-state index contributed by atoms with van der Waals surface area (Å²) in [6.07, 6.45) is 6.47. The van der Waals surface area contributed by atoms with E-state index >= 15 is 0 Å². The van der Waals surface area contributed by atoms with E-state index in [-0.39, 0.29) is 0 Å². The summed E-state index contributed by atoms with van der Waals surface area (Å²) in [7, 11) is 0. The van der Waals surface area contributed by atoms with Gasteiger partial charge >= 0.3 is 0 Å². The first-order valence-electron chi connectivity index (χ1n) is 12.2. The number of piperidine rings is 2. The minimum Gasteiger partial charge on any atom is -0.396 e. The second-order valence-electron chi connectivity index (χ2n) is 9.33. The number of anilines is 3. The molecule has 1 atom stereocenters.